The van der Waals surface area contributed by atoms with Crippen LogP contribution in [-0.4, -0.2) is 79.7 Å². The van der Waals surface area contributed by atoms with E-state index < -0.39 is 4.92 Å². The lowest BCUT2D eigenvalue weighted by Gasteiger charge is -2.47. The molecule has 0 aliphatic carbocycles. The van der Waals surface area contributed by atoms with E-state index >= 15 is 0 Å². The summed E-state index contributed by atoms with van der Waals surface area (Å²) in [5.41, 5.74) is 2.10. The highest BCUT2D eigenvalue weighted by molar-refractivity contribution is 6.33. The molecule has 3 aromatic rings. The number of nitrogens with one attached hydrogen (secondary N) is 1. The SMILES string of the molecule is CC[C@H]1CN(c2ncc([N+](=O)[O-])cc2Cl)CCN1C1CCN(Cc2ccc(Cl)cc2-c2ncn[nH]2)CC1. The van der Waals surface area contributed by atoms with Crippen LogP contribution >= 0.6 is 23.2 Å². The first-order valence-electron chi connectivity index (χ1n) is 12.6. The number of H-pyrrole nitrogens is 1. The minimum absolute atomic E-state index is 0.0854. The van der Waals surface area contributed by atoms with Crippen molar-refractivity contribution in [2.45, 2.75) is 44.8 Å². The summed E-state index contributed by atoms with van der Waals surface area (Å²) in [4.78, 5) is 26.5. The molecule has 0 unspecified atom stereocenters. The van der Waals surface area contributed by atoms with Crippen LogP contribution in [0.3, 0.4) is 0 Å². The fourth-order valence-corrected chi connectivity index (χ4v) is 6.00. The van der Waals surface area contributed by atoms with Gasteiger partial charge in [0.1, 0.15) is 18.3 Å². The number of nitro groups is 1. The molecule has 0 bridgehead atoms. The van der Waals surface area contributed by atoms with E-state index in [0.29, 0.717) is 27.9 Å². The second-order valence-corrected chi connectivity index (χ2v) is 10.5. The number of aromatic nitrogens is 4. The zero-order chi connectivity index (χ0) is 25.9. The summed E-state index contributed by atoms with van der Waals surface area (Å²) in [6, 6.07) is 8.26. The molecule has 2 aliphatic rings. The Hall–Kier alpha value is -2.79. The predicted octanol–water partition coefficient (Wildman–Crippen LogP) is 4.65. The van der Waals surface area contributed by atoms with Gasteiger partial charge in [-0.15, -0.1) is 0 Å². The Morgan fingerprint density at radius 3 is 2.62 bits per heavy atom. The molecule has 2 aromatic heterocycles. The molecule has 5 rings (SSSR count). The number of anilines is 1. The Morgan fingerprint density at radius 2 is 1.95 bits per heavy atom. The predicted molar refractivity (Wildman–Crippen MR) is 144 cm³/mol. The maximum absolute atomic E-state index is 11.0. The topological polar surface area (TPSA) is 107 Å². The molecule has 1 aromatic carbocycles. The number of halogens is 2. The Labute approximate surface area is 225 Å². The van der Waals surface area contributed by atoms with E-state index in [2.05, 4.69) is 47.9 Å². The van der Waals surface area contributed by atoms with E-state index in [9.17, 15) is 10.1 Å². The molecule has 12 heteroatoms. The number of hydrogen-bond acceptors (Lipinski definition) is 8. The van der Waals surface area contributed by atoms with E-state index in [1.807, 2.05) is 12.1 Å². The maximum Gasteiger partial charge on any atom is 0.289 e. The van der Waals surface area contributed by atoms with Crippen molar-refractivity contribution in [3.63, 3.8) is 0 Å². The number of nitrogens with zero attached hydrogens (tertiary/aromatic N) is 7. The van der Waals surface area contributed by atoms with Crippen LogP contribution in [0.2, 0.25) is 10.0 Å². The number of likely N-dealkylation sites (tertiary alicyclic amines) is 1. The molecular weight excluding hydrogens is 515 g/mol. The second-order valence-electron chi connectivity index (χ2n) is 9.64. The van der Waals surface area contributed by atoms with Crippen LogP contribution in [0.5, 0.6) is 0 Å². The van der Waals surface area contributed by atoms with E-state index in [4.69, 9.17) is 23.2 Å². The number of hydrogen-bond donors (Lipinski definition) is 1. The summed E-state index contributed by atoms with van der Waals surface area (Å²) in [5.74, 6) is 1.37. The third-order valence-electron chi connectivity index (χ3n) is 7.48. The van der Waals surface area contributed by atoms with Crippen molar-refractivity contribution < 1.29 is 4.92 Å². The van der Waals surface area contributed by atoms with Gasteiger partial charge in [-0.1, -0.05) is 36.2 Å². The molecule has 37 heavy (non-hydrogen) atoms. The monoisotopic (exact) mass is 544 g/mol. The van der Waals surface area contributed by atoms with Crippen LogP contribution in [0.4, 0.5) is 11.5 Å². The van der Waals surface area contributed by atoms with Crippen LogP contribution in [-0.2, 0) is 6.54 Å². The molecule has 1 N–H and O–H groups in total. The van der Waals surface area contributed by atoms with E-state index in [1.54, 1.807) is 0 Å². The molecule has 2 saturated heterocycles. The van der Waals surface area contributed by atoms with Gasteiger partial charge in [0, 0.05) is 54.9 Å². The standard InChI is InChI=1S/C25H30Cl2N8O2/c1-2-19-15-33(25-23(27)12-21(13-28-25)35(36)37)9-10-34(19)20-5-7-32(8-6-20)14-17-3-4-18(26)11-22(17)24-29-16-30-31-24/h3-4,11-13,16,19-20H,2,5-10,14-15H2,1H3,(H,29,30,31)/t19-/m0/s1. The number of benzene rings is 1. The Balaban J connectivity index is 1.20. The van der Waals surface area contributed by atoms with Gasteiger partial charge in [0.2, 0.25) is 0 Å². The lowest BCUT2D eigenvalue weighted by atomic mass is 9.97. The van der Waals surface area contributed by atoms with Crippen molar-refractivity contribution in [1.29, 1.82) is 0 Å². The van der Waals surface area contributed by atoms with Crippen LogP contribution < -0.4 is 4.90 Å². The summed E-state index contributed by atoms with van der Waals surface area (Å²) in [7, 11) is 0. The molecular formula is C25H30Cl2N8O2. The van der Waals surface area contributed by atoms with Gasteiger partial charge in [-0.05, 0) is 50.0 Å². The van der Waals surface area contributed by atoms with Crippen molar-refractivity contribution in [2.75, 3.05) is 37.6 Å². The summed E-state index contributed by atoms with van der Waals surface area (Å²) in [6.07, 6.45) is 6.04. The number of piperidine rings is 1. The molecule has 4 heterocycles. The number of aromatic amines is 1. The molecule has 2 fully saturated rings. The van der Waals surface area contributed by atoms with Crippen molar-refractivity contribution in [2.24, 2.45) is 0 Å². The summed E-state index contributed by atoms with van der Waals surface area (Å²) >= 11 is 12.6. The first-order chi connectivity index (χ1) is 17.9. The zero-order valence-electron chi connectivity index (χ0n) is 20.7. The van der Waals surface area contributed by atoms with Crippen LogP contribution in [0.1, 0.15) is 31.7 Å². The average molecular weight is 545 g/mol. The third-order valence-corrected chi connectivity index (χ3v) is 7.99. The highest BCUT2D eigenvalue weighted by Gasteiger charge is 2.34. The molecule has 196 valence electrons. The van der Waals surface area contributed by atoms with Crippen molar-refractivity contribution >= 4 is 34.7 Å². The summed E-state index contributed by atoms with van der Waals surface area (Å²) in [5, 5.41) is 19.0. The highest BCUT2D eigenvalue weighted by Crippen LogP contribution is 2.32. The first kappa shape index (κ1) is 25.8. The van der Waals surface area contributed by atoms with Crippen molar-refractivity contribution in [1.82, 2.24) is 30.0 Å². The van der Waals surface area contributed by atoms with Gasteiger partial charge in [0.15, 0.2) is 5.82 Å². The van der Waals surface area contributed by atoms with E-state index in [-0.39, 0.29) is 5.69 Å². The Kier molecular flexibility index (Phi) is 7.89. The number of piperazine rings is 1. The third kappa shape index (κ3) is 5.72. The lowest BCUT2D eigenvalue weighted by Crippen LogP contribution is -2.58. The van der Waals surface area contributed by atoms with Crippen molar-refractivity contribution in [3.8, 4) is 11.4 Å². The Bertz CT molecular complexity index is 1230. The van der Waals surface area contributed by atoms with E-state index in [0.717, 1.165) is 69.9 Å². The number of rotatable bonds is 7. The van der Waals surface area contributed by atoms with Crippen molar-refractivity contribution in [3.05, 3.63) is 62.5 Å². The average Bonchev–Trinajstić information content (AvgIpc) is 3.45. The molecule has 0 spiro atoms. The smallest absolute Gasteiger partial charge is 0.289 e. The summed E-state index contributed by atoms with van der Waals surface area (Å²) in [6.45, 7) is 7.64. The normalized spacial score (nSPS) is 19.9. The van der Waals surface area contributed by atoms with Gasteiger partial charge < -0.3 is 4.90 Å². The van der Waals surface area contributed by atoms with Gasteiger partial charge in [-0.25, -0.2) is 9.97 Å². The molecule has 0 saturated carbocycles. The van der Waals surface area contributed by atoms with Crippen LogP contribution in [0, 0.1) is 10.1 Å². The minimum Gasteiger partial charge on any atom is -0.353 e. The van der Waals surface area contributed by atoms with E-state index in [1.165, 1.54) is 24.2 Å². The van der Waals surface area contributed by atoms with Gasteiger partial charge in [-0.3, -0.25) is 25.0 Å². The molecule has 1 atom stereocenters. The minimum atomic E-state index is -0.468. The zero-order valence-corrected chi connectivity index (χ0v) is 22.2. The molecule has 10 nitrogen and oxygen atoms in total. The lowest BCUT2D eigenvalue weighted by molar-refractivity contribution is -0.385. The Morgan fingerprint density at radius 1 is 1.14 bits per heavy atom. The van der Waals surface area contributed by atoms with Crippen LogP contribution in [0.25, 0.3) is 11.4 Å². The van der Waals surface area contributed by atoms with Gasteiger partial charge in [0.05, 0.1) is 9.95 Å². The molecule has 2 aliphatic heterocycles. The molecule has 0 radical (unpaired) electrons. The van der Waals surface area contributed by atoms with Crippen LogP contribution in [0.15, 0.2) is 36.8 Å². The second kappa shape index (κ2) is 11.3. The fourth-order valence-electron chi connectivity index (χ4n) is 5.55. The number of pyridine rings is 1. The summed E-state index contributed by atoms with van der Waals surface area (Å²) < 4.78 is 0. The quantitative estimate of drug-likeness (QED) is 0.338. The van der Waals surface area contributed by atoms with Gasteiger partial charge in [-0.2, -0.15) is 5.10 Å². The molecule has 0 amide bonds. The largest absolute Gasteiger partial charge is 0.353 e. The maximum atomic E-state index is 11.0. The fraction of sp³-hybridized carbons (Fsp3) is 0.480. The van der Waals surface area contributed by atoms with Gasteiger partial charge >= 0.3 is 0 Å². The van der Waals surface area contributed by atoms with Gasteiger partial charge in [0.25, 0.3) is 5.69 Å². The first-order valence-corrected chi connectivity index (χ1v) is 13.4. The highest BCUT2D eigenvalue weighted by atomic mass is 35.5.